The molecule has 0 saturated heterocycles. The minimum atomic E-state index is -0.140. The van der Waals surface area contributed by atoms with Gasteiger partial charge in [-0.2, -0.15) is 0 Å². The number of phenols is 1. The molecule has 0 aliphatic carbocycles. The summed E-state index contributed by atoms with van der Waals surface area (Å²) in [5.41, 5.74) is 2.33. The van der Waals surface area contributed by atoms with Crippen LogP contribution < -0.4 is 0 Å². The molecule has 0 bridgehead atoms. The lowest BCUT2D eigenvalue weighted by Crippen LogP contribution is -2.14. The van der Waals surface area contributed by atoms with Crippen molar-refractivity contribution in [3.63, 3.8) is 0 Å². The Kier molecular flexibility index (Phi) is 6.08. The Bertz CT molecular complexity index is 574. The molecule has 3 nitrogen and oxygen atoms in total. The Morgan fingerprint density at radius 2 is 2.11 bits per heavy atom. The van der Waals surface area contributed by atoms with E-state index >= 15 is 0 Å². The lowest BCUT2D eigenvalue weighted by molar-refractivity contribution is 0.414. The van der Waals surface area contributed by atoms with E-state index in [4.69, 9.17) is 0 Å². The topological polar surface area (TPSA) is 28.4 Å². The first kappa shape index (κ1) is 16.1. The molecule has 1 N–H and O–H groups in total. The predicted molar refractivity (Wildman–Crippen MR) is 104 cm³/mol. The van der Waals surface area contributed by atoms with Crippen LogP contribution in [0.2, 0.25) is 0 Å². The number of aromatic hydroxyl groups is 1. The van der Waals surface area contributed by atoms with Gasteiger partial charge in [0.2, 0.25) is 0 Å². The number of benzene rings is 1. The van der Waals surface area contributed by atoms with E-state index < -0.39 is 0 Å². The molecule has 1 heterocycles. The Balaban J connectivity index is 2.44. The van der Waals surface area contributed by atoms with Crippen LogP contribution in [0.1, 0.15) is 5.56 Å². The average molecular weight is 520 g/mol. The minimum Gasteiger partial charge on any atom is -0.507 e. The van der Waals surface area contributed by atoms with E-state index in [9.17, 15) is 5.11 Å². The highest BCUT2D eigenvalue weighted by Gasteiger charge is 2.14. The lowest BCUT2D eigenvalue weighted by atomic mass is 10.1. The van der Waals surface area contributed by atoms with Crippen molar-refractivity contribution >= 4 is 69.0 Å². The lowest BCUT2D eigenvalue weighted by Gasteiger charge is -2.08. The molecule has 19 heavy (non-hydrogen) atoms. The first-order chi connectivity index (χ1) is 8.99. The molecule has 0 fully saturated rings. The molecule has 0 spiro atoms. The van der Waals surface area contributed by atoms with Crippen LogP contribution in [0.15, 0.2) is 24.4 Å². The van der Waals surface area contributed by atoms with Crippen LogP contribution in [0.25, 0.3) is 10.9 Å². The maximum absolute atomic E-state index is 10.1. The van der Waals surface area contributed by atoms with Gasteiger partial charge in [0.25, 0.3) is 0 Å². The van der Waals surface area contributed by atoms with Gasteiger partial charge in [0.1, 0.15) is 8.16 Å². The minimum absolute atomic E-state index is 0.140. The number of rotatable bonds is 5. The number of aromatic nitrogens is 1. The van der Waals surface area contributed by atoms with E-state index in [0.717, 1.165) is 23.9 Å². The number of fused-ring (bicyclic) bond motifs is 1. The number of nitrogens with zero attached hydrogens (tertiary/aromatic N) is 2. The maximum Gasteiger partial charge on any atom is 0.125 e. The molecule has 2 aromatic rings. The molecular weight excluding hydrogens is 505 g/mol. The summed E-state index contributed by atoms with van der Waals surface area (Å²) in [4.78, 5) is 2.17. The van der Waals surface area contributed by atoms with Gasteiger partial charge < -0.3 is 10.0 Å². The monoisotopic (exact) mass is 520 g/mol. The van der Waals surface area contributed by atoms with Gasteiger partial charge in [0.15, 0.2) is 0 Å². The van der Waals surface area contributed by atoms with Crippen LogP contribution >= 0.6 is 58.1 Å². The molecule has 0 amide bonds. The highest BCUT2D eigenvalue weighted by atomic mass is 127. The first-order valence-corrected chi connectivity index (χ1v) is 14.0. The van der Waals surface area contributed by atoms with Gasteiger partial charge >= 0.3 is 0 Å². The number of hydrogen-bond donors (Lipinski definition) is 1. The maximum atomic E-state index is 10.1. The van der Waals surface area contributed by atoms with Crippen molar-refractivity contribution < 1.29 is 5.11 Å². The molecule has 0 aliphatic heterocycles. The largest absolute Gasteiger partial charge is 0.507 e. The van der Waals surface area contributed by atoms with Crippen molar-refractivity contribution in [1.82, 2.24) is 8.87 Å². The Labute approximate surface area is 144 Å². The third-order valence-corrected chi connectivity index (χ3v) is 7.50. The van der Waals surface area contributed by atoms with Crippen molar-refractivity contribution in [2.24, 2.45) is 0 Å². The van der Waals surface area contributed by atoms with Crippen molar-refractivity contribution in [2.45, 2.75) is 6.42 Å². The second-order valence-electron chi connectivity index (χ2n) is 4.49. The van der Waals surface area contributed by atoms with E-state index in [0.29, 0.717) is 5.75 Å². The van der Waals surface area contributed by atoms with Gasteiger partial charge in [-0.15, -0.1) is 0 Å². The van der Waals surface area contributed by atoms with Gasteiger partial charge in [0, 0.05) is 29.7 Å². The molecule has 0 radical (unpaired) electrons. The number of hydrogen-bond acceptors (Lipinski definition) is 3. The third-order valence-electron chi connectivity index (χ3n) is 2.83. The smallest absolute Gasteiger partial charge is 0.125 e. The van der Waals surface area contributed by atoms with E-state index in [1.165, 1.54) is 5.56 Å². The van der Waals surface area contributed by atoms with Gasteiger partial charge in [-0.3, -0.25) is 3.97 Å². The van der Waals surface area contributed by atoms with Crippen LogP contribution in [0, 0.1) is 0 Å². The zero-order chi connectivity index (χ0) is 14.0. The Morgan fingerprint density at radius 3 is 2.74 bits per heavy atom. The zero-order valence-corrected chi connectivity index (χ0v) is 16.7. The first-order valence-electron chi connectivity index (χ1n) is 5.76. The van der Waals surface area contributed by atoms with Crippen molar-refractivity contribution in [3.05, 3.63) is 30.0 Å². The number of halogens is 2. The third kappa shape index (κ3) is 4.12. The standard InChI is InChI=1S/C12H15I2N2OPS/c1-15(2)7-6-9-8-16(19-18(13)14)10-4-3-5-11(17)12(9)10/h3-5,8,17H,6-7H2,1-2H3. The molecule has 104 valence electrons. The average Bonchev–Trinajstić information content (AvgIpc) is 2.66. The summed E-state index contributed by atoms with van der Waals surface area (Å²) in [6.45, 7) is 0.987. The van der Waals surface area contributed by atoms with E-state index in [1.807, 2.05) is 17.6 Å². The fourth-order valence-electron chi connectivity index (χ4n) is 1.98. The molecule has 0 atom stereocenters. The van der Waals surface area contributed by atoms with Gasteiger partial charge in [-0.1, -0.05) is 6.07 Å². The summed E-state index contributed by atoms with van der Waals surface area (Å²) >= 11 is 6.72. The molecule has 0 saturated carbocycles. The normalized spacial score (nSPS) is 11.9. The summed E-state index contributed by atoms with van der Waals surface area (Å²) < 4.78 is 2.06. The quantitative estimate of drug-likeness (QED) is 0.443. The molecule has 0 aliphatic rings. The summed E-state index contributed by atoms with van der Waals surface area (Å²) in [7, 11) is 4.14. The fourth-order valence-corrected chi connectivity index (χ4v) is 6.75. The Morgan fingerprint density at radius 1 is 1.37 bits per heavy atom. The van der Waals surface area contributed by atoms with Crippen LogP contribution in [0.5, 0.6) is 5.75 Å². The number of phenolic OH excluding ortho intramolecular Hbond substituents is 1. The van der Waals surface area contributed by atoms with Crippen LogP contribution in [-0.2, 0) is 6.42 Å². The molecule has 0 unspecified atom stereocenters. The fraction of sp³-hybridized carbons (Fsp3) is 0.333. The van der Waals surface area contributed by atoms with Gasteiger partial charge in [-0.25, -0.2) is 0 Å². The van der Waals surface area contributed by atoms with E-state index in [-0.39, 0.29) is 2.41 Å². The van der Waals surface area contributed by atoms with Crippen LogP contribution in [-0.4, -0.2) is 34.6 Å². The van der Waals surface area contributed by atoms with Crippen LogP contribution in [0.3, 0.4) is 0 Å². The molecule has 1 aromatic carbocycles. The second kappa shape index (κ2) is 7.15. The summed E-state index contributed by atoms with van der Waals surface area (Å²) in [6, 6.07) is 5.76. The van der Waals surface area contributed by atoms with E-state index in [2.05, 4.69) is 79.3 Å². The SMILES string of the molecule is CN(C)CCc1cn(SP(I)I)c2cccc(O)c12. The summed E-state index contributed by atoms with van der Waals surface area (Å²) in [5, 5.41) is 11.1. The van der Waals surface area contributed by atoms with Gasteiger partial charge in [0.05, 0.1) is 5.52 Å². The van der Waals surface area contributed by atoms with Crippen LogP contribution in [0.4, 0.5) is 0 Å². The van der Waals surface area contributed by atoms with Gasteiger partial charge in [-0.05, 0) is 82.3 Å². The van der Waals surface area contributed by atoms with Crippen molar-refractivity contribution in [2.75, 3.05) is 20.6 Å². The highest BCUT2D eigenvalue weighted by Crippen LogP contribution is 2.65. The second-order valence-corrected chi connectivity index (χ2v) is 22.3. The predicted octanol–water partition coefficient (Wildman–Crippen LogP) is 5.04. The van der Waals surface area contributed by atoms with Crippen molar-refractivity contribution in [3.8, 4) is 5.75 Å². The zero-order valence-electron chi connectivity index (χ0n) is 10.7. The molecule has 7 heteroatoms. The Hall–Kier alpha value is 0.760. The number of likely N-dealkylation sites (N-methyl/N-ethyl adjacent to an activating group) is 1. The molecular formula is C12H15I2N2OPS. The van der Waals surface area contributed by atoms with Crippen molar-refractivity contribution in [1.29, 1.82) is 0 Å². The molecule has 2 rings (SSSR count). The summed E-state index contributed by atoms with van der Waals surface area (Å²) in [5.74, 6) is 0.386. The highest BCUT2D eigenvalue weighted by molar-refractivity contribution is 14.3. The van der Waals surface area contributed by atoms with E-state index in [1.54, 1.807) is 6.07 Å². The molecule has 1 aromatic heterocycles. The summed E-state index contributed by atoms with van der Waals surface area (Å²) in [6.07, 6.45) is 3.13.